The van der Waals surface area contributed by atoms with Crippen LogP contribution in [-0.2, 0) is 6.18 Å². The third-order valence-corrected chi connectivity index (χ3v) is 2.76. The van der Waals surface area contributed by atoms with Crippen molar-refractivity contribution in [3.05, 3.63) is 52.7 Å². The van der Waals surface area contributed by atoms with Gasteiger partial charge in [0.1, 0.15) is 5.69 Å². The molecule has 6 heteroatoms. The summed E-state index contributed by atoms with van der Waals surface area (Å²) in [5.74, 6) is 0. The fourth-order valence-electron chi connectivity index (χ4n) is 1.57. The van der Waals surface area contributed by atoms with Gasteiger partial charge in [-0.25, -0.2) is 4.98 Å². The lowest BCUT2D eigenvalue weighted by Gasteiger charge is -2.09. The van der Waals surface area contributed by atoms with Crippen molar-refractivity contribution in [3.8, 4) is 11.3 Å². The van der Waals surface area contributed by atoms with E-state index in [9.17, 15) is 18.0 Å². The lowest BCUT2D eigenvalue weighted by Crippen LogP contribution is -2.04. The lowest BCUT2D eigenvalue weighted by molar-refractivity contribution is -0.137. The zero-order valence-corrected chi connectivity index (χ0v) is 10.2. The van der Waals surface area contributed by atoms with Crippen LogP contribution in [0.1, 0.15) is 16.1 Å². The minimum Gasteiger partial charge on any atom is -0.296 e. The summed E-state index contributed by atoms with van der Waals surface area (Å²) in [4.78, 5) is 14.6. The number of nitrogens with zero attached hydrogens (tertiary/aromatic N) is 1. The molecule has 0 amide bonds. The van der Waals surface area contributed by atoms with E-state index in [1.807, 2.05) is 0 Å². The average molecular weight is 286 g/mol. The smallest absolute Gasteiger partial charge is 0.296 e. The molecular formula is C13H7ClF3NO. The van der Waals surface area contributed by atoms with E-state index in [1.165, 1.54) is 24.3 Å². The monoisotopic (exact) mass is 285 g/mol. The third kappa shape index (κ3) is 2.93. The highest BCUT2D eigenvalue weighted by Crippen LogP contribution is 2.33. The first-order valence-corrected chi connectivity index (χ1v) is 5.59. The Morgan fingerprint density at radius 1 is 1.16 bits per heavy atom. The van der Waals surface area contributed by atoms with Gasteiger partial charge in [0.25, 0.3) is 0 Å². The average Bonchev–Trinajstić information content (AvgIpc) is 2.38. The quantitative estimate of drug-likeness (QED) is 0.773. The largest absolute Gasteiger partial charge is 0.416 e. The number of benzene rings is 1. The number of alkyl halides is 3. The number of hydrogen-bond donors (Lipinski definition) is 0. The van der Waals surface area contributed by atoms with Gasteiger partial charge in [-0.15, -0.1) is 0 Å². The van der Waals surface area contributed by atoms with E-state index in [0.717, 1.165) is 12.1 Å². The van der Waals surface area contributed by atoms with Crippen LogP contribution >= 0.6 is 11.6 Å². The van der Waals surface area contributed by atoms with Gasteiger partial charge < -0.3 is 0 Å². The summed E-state index contributed by atoms with van der Waals surface area (Å²) < 4.78 is 37.9. The number of halogens is 4. The second-order valence-corrected chi connectivity index (χ2v) is 4.17. The Bertz CT molecular complexity index is 626. The zero-order chi connectivity index (χ0) is 14.0. The maximum atomic E-state index is 12.6. The third-order valence-electron chi connectivity index (χ3n) is 2.45. The Labute approximate surface area is 111 Å². The van der Waals surface area contributed by atoms with E-state index >= 15 is 0 Å². The number of rotatable bonds is 2. The molecule has 0 fully saturated rings. The fraction of sp³-hybridized carbons (Fsp3) is 0.0769. The number of hydrogen-bond acceptors (Lipinski definition) is 2. The van der Waals surface area contributed by atoms with Gasteiger partial charge in [0.05, 0.1) is 16.3 Å². The van der Waals surface area contributed by atoms with Gasteiger partial charge in [-0.1, -0.05) is 23.7 Å². The molecule has 0 N–H and O–H groups in total. The summed E-state index contributed by atoms with van der Waals surface area (Å²) in [6.45, 7) is 0. The van der Waals surface area contributed by atoms with Crippen molar-refractivity contribution >= 4 is 17.9 Å². The fourth-order valence-corrected chi connectivity index (χ4v) is 1.78. The molecule has 0 saturated carbocycles. The van der Waals surface area contributed by atoms with E-state index in [2.05, 4.69) is 4.98 Å². The van der Waals surface area contributed by atoms with Crippen molar-refractivity contribution in [2.24, 2.45) is 0 Å². The highest BCUT2D eigenvalue weighted by atomic mass is 35.5. The van der Waals surface area contributed by atoms with Crippen molar-refractivity contribution in [3.63, 3.8) is 0 Å². The van der Waals surface area contributed by atoms with Gasteiger partial charge >= 0.3 is 6.18 Å². The van der Waals surface area contributed by atoms with Crippen molar-refractivity contribution in [1.29, 1.82) is 0 Å². The van der Waals surface area contributed by atoms with Gasteiger partial charge in [0.2, 0.25) is 0 Å². The van der Waals surface area contributed by atoms with Crippen molar-refractivity contribution in [1.82, 2.24) is 4.98 Å². The lowest BCUT2D eigenvalue weighted by atomic mass is 10.1. The Morgan fingerprint density at radius 2 is 1.89 bits per heavy atom. The normalized spacial score (nSPS) is 11.4. The summed E-state index contributed by atoms with van der Waals surface area (Å²) in [6, 6.07) is 7.45. The molecule has 98 valence electrons. The highest BCUT2D eigenvalue weighted by molar-refractivity contribution is 6.33. The molecule has 0 saturated heterocycles. The summed E-state index contributed by atoms with van der Waals surface area (Å²) in [5.41, 5.74) is -0.322. The van der Waals surface area contributed by atoms with Crippen LogP contribution in [0.15, 0.2) is 36.4 Å². The van der Waals surface area contributed by atoms with E-state index in [0.29, 0.717) is 6.29 Å². The van der Waals surface area contributed by atoms with E-state index in [-0.39, 0.29) is 22.0 Å². The van der Waals surface area contributed by atoms with Gasteiger partial charge in [-0.05, 0) is 24.3 Å². The predicted octanol–water partition coefficient (Wildman–Crippen LogP) is 4.23. The number of carbonyl (C=O) groups excluding carboxylic acids is 1. The topological polar surface area (TPSA) is 30.0 Å². The summed E-state index contributed by atoms with van der Waals surface area (Å²) in [5, 5.41) is 0.185. The Kier molecular flexibility index (Phi) is 3.57. The van der Waals surface area contributed by atoms with Crippen LogP contribution in [0, 0.1) is 0 Å². The predicted molar refractivity (Wildman–Crippen MR) is 65.1 cm³/mol. The highest BCUT2D eigenvalue weighted by Gasteiger charge is 2.30. The first kappa shape index (κ1) is 13.5. The number of pyridine rings is 1. The van der Waals surface area contributed by atoms with E-state index in [1.54, 1.807) is 0 Å². The summed E-state index contributed by atoms with van der Waals surface area (Å²) in [7, 11) is 0. The van der Waals surface area contributed by atoms with Crippen LogP contribution in [0.3, 0.4) is 0 Å². The molecule has 0 atom stereocenters. The molecule has 1 heterocycles. The van der Waals surface area contributed by atoms with Gasteiger partial charge in [-0.2, -0.15) is 13.2 Å². The molecule has 1 aromatic carbocycles. The second kappa shape index (κ2) is 5.01. The number of carbonyl (C=O) groups is 1. The van der Waals surface area contributed by atoms with Crippen molar-refractivity contribution in [2.45, 2.75) is 6.18 Å². The maximum Gasteiger partial charge on any atom is 0.416 e. The van der Waals surface area contributed by atoms with E-state index < -0.39 is 11.7 Å². The molecule has 1 aromatic heterocycles. The standard InChI is InChI=1S/C13H7ClF3NO/c14-11-5-4-10(7-19)18-12(11)8-2-1-3-9(6-8)13(15,16)17/h1-7H. The molecule has 2 rings (SSSR count). The van der Waals surface area contributed by atoms with Crippen LogP contribution in [0.5, 0.6) is 0 Å². The Hall–Kier alpha value is -1.88. The van der Waals surface area contributed by atoms with Gasteiger partial charge in [0.15, 0.2) is 6.29 Å². The molecule has 2 nitrogen and oxygen atoms in total. The Morgan fingerprint density at radius 3 is 2.53 bits per heavy atom. The van der Waals surface area contributed by atoms with E-state index in [4.69, 9.17) is 11.6 Å². The first-order chi connectivity index (χ1) is 8.91. The van der Waals surface area contributed by atoms with Gasteiger partial charge in [-0.3, -0.25) is 4.79 Å². The molecule has 0 bridgehead atoms. The minimum absolute atomic E-state index is 0.108. The molecule has 0 aliphatic rings. The number of aldehydes is 1. The SMILES string of the molecule is O=Cc1ccc(Cl)c(-c2cccc(C(F)(F)F)c2)n1. The molecule has 0 unspecified atom stereocenters. The molecule has 0 spiro atoms. The summed E-state index contributed by atoms with van der Waals surface area (Å²) in [6.07, 6.45) is -3.93. The number of aromatic nitrogens is 1. The molecule has 0 aliphatic carbocycles. The van der Waals surface area contributed by atoms with Crippen molar-refractivity contribution < 1.29 is 18.0 Å². The first-order valence-electron chi connectivity index (χ1n) is 5.21. The molecule has 2 aromatic rings. The molecular weight excluding hydrogens is 279 g/mol. The minimum atomic E-state index is -4.44. The second-order valence-electron chi connectivity index (χ2n) is 3.76. The molecule has 0 radical (unpaired) electrons. The molecule has 19 heavy (non-hydrogen) atoms. The molecule has 0 aliphatic heterocycles. The maximum absolute atomic E-state index is 12.6. The van der Waals surface area contributed by atoms with Crippen LogP contribution in [0.2, 0.25) is 5.02 Å². The Balaban J connectivity index is 2.56. The van der Waals surface area contributed by atoms with Crippen molar-refractivity contribution in [2.75, 3.05) is 0 Å². The zero-order valence-electron chi connectivity index (χ0n) is 9.41. The van der Waals surface area contributed by atoms with Crippen LogP contribution in [0.4, 0.5) is 13.2 Å². The van der Waals surface area contributed by atoms with Crippen LogP contribution in [-0.4, -0.2) is 11.3 Å². The van der Waals surface area contributed by atoms with Crippen LogP contribution in [0.25, 0.3) is 11.3 Å². The van der Waals surface area contributed by atoms with Gasteiger partial charge in [0, 0.05) is 5.56 Å². The van der Waals surface area contributed by atoms with Crippen LogP contribution < -0.4 is 0 Å². The summed E-state index contributed by atoms with van der Waals surface area (Å²) >= 11 is 5.89.